The maximum Gasteiger partial charge on any atom is 0.224 e. The molecule has 114 valence electrons. The van der Waals surface area contributed by atoms with Gasteiger partial charge in [0.2, 0.25) is 5.28 Å². The Bertz CT molecular complexity index is 423. The van der Waals surface area contributed by atoms with Crippen LogP contribution in [0.2, 0.25) is 5.28 Å². The predicted molar refractivity (Wildman–Crippen MR) is 86.1 cm³/mol. The Kier molecular flexibility index (Phi) is 7.03. The molecule has 0 aliphatic heterocycles. The smallest absolute Gasteiger partial charge is 0.224 e. The van der Waals surface area contributed by atoms with E-state index in [0.717, 1.165) is 17.7 Å². The molecule has 0 spiro atoms. The van der Waals surface area contributed by atoms with Crippen molar-refractivity contribution in [2.24, 2.45) is 5.41 Å². The summed E-state index contributed by atoms with van der Waals surface area (Å²) < 4.78 is 13.7. The Morgan fingerprint density at radius 1 is 1.45 bits per heavy atom. The van der Waals surface area contributed by atoms with Crippen LogP contribution in [-0.2, 0) is 0 Å². The van der Waals surface area contributed by atoms with E-state index in [1.165, 1.54) is 12.8 Å². The first-order valence-corrected chi connectivity index (χ1v) is 8.40. The van der Waals surface area contributed by atoms with Crippen LogP contribution in [0.1, 0.15) is 40.5 Å². The first kappa shape index (κ1) is 17.5. The van der Waals surface area contributed by atoms with Crippen molar-refractivity contribution in [1.82, 2.24) is 9.97 Å². The zero-order valence-corrected chi connectivity index (χ0v) is 14.1. The Balaban J connectivity index is 2.71. The maximum atomic E-state index is 13.7. The van der Waals surface area contributed by atoms with E-state index >= 15 is 0 Å². The molecule has 1 N–H and O–H groups in total. The van der Waals surface area contributed by atoms with Gasteiger partial charge in [-0.3, -0.25) is 0 Å². The molecule has 0 aromatic carbocycles. The third-order valence-electron chi connectivity index (χ3n) is 3.00. The summed E-state index contributed by atoms with van der Waals surface area (Å²) >= 11 is 7.61. The molecule has 3 nitrogen and oxygen atoms in total. The highest BCUT2D eigenvalue weighted by molar-refractivity contribution is 7.99. The lowest BCUT2D eigenvalue weighted by atomic mass is 9.88. The SMILES string of the molecule is CCCCSC[C@@H](Nc1nc(Cl)ncc1F)C(C)(C)C. The fraction of sp³-hybridized carbons (Fsp3) is 0.714. The molecule has 20 heavy (non-hydrogen) atoms. The maximum absolute atomic E-state index is 13.7. The van der Waals surface area contributed by atoms with E-state index in [-0.39, 0.29) is 22.6 Å². The molecule has 0 unspecified atom stereocenters. The van der Waals surface area contributed by atoms with Crippen molar-refractivity contribution in [3.05, 3.63) is 17.3 Å². The standard InChI is InChI=1S/C14H23ClFN3S/c1-5-6-7-20-9-11(14(2,3)4)18-12-10(16)8-17-13(15)19-12/h8,11H,5-7,9H2,1-4H3,(H,17,18,19)/t11-/m1/s1. The van der Waals surface area contributed by atoms with E-state index in [1.54, 1.807) is 0 Å². The average molecular weight is 320 g/mol. The van der Waals surface area contributed by atoms with E-state index in [1.807, 2.05) is 11.8 Å². The van der Waals surface area contributed by atoms with Gasteiger partial charge in [0.15, 0.2) is 11.6 Å². The zero-order valence-electron chi connectivity index (χ0n) is 12.5. The summed E-state index contributed by atoms with van der Waals surface area (Å²) in [4.78, 5) is 7.56. The van der Waals surface area contributed by atoms with Gasteiger partial charge >= 0.3 is 0 Å². The largest absolute Gasteiger partial charge is 0.363 e. The molecule has 0 aliphatic carbocycles. The average Bonchev–Trinajstić information content (AvgIpc) is 2.36. The number of nitrogens with one attached hydrogen (secondary N) is 1. The number of halogens is 2. The van der Waals surface area contributed by atoms with Gasteiger partial charge in [0.25, 0.3) is 0 Å². The van der Waals surface area contributed by atoms with Crippen molar-refractivity contribution < 1.29 is 4.39 Å². The number of aromatic nitrogens is 2. The molecule has 1 rings (SSSR count). The first-order valence-electron chi connectivity index (χ1n) is 6.87. The summed E-state index contributed by atoms with van der Waals surface area (Å²) in [5.74, 6) is 1.74. The summed E-state index contributed by atoms with van der Waals surface area (Å²) in [5, 5.41) is 3.23. The molecule has 0 bridgehead atoms. The third-order valence-corrected chi connectivity index (χ3v) is 4.33. The lowest BCUT2D eigenvalue weighted by Crippen LogP contribution is -2.37. The van der Waals surface area contributed by atoms with Gasteiger partial charge in [0.05, 0.1) is 6.20 Å². The van der Waals surface area contributed by atoms with Crippen LogP contribution in [0.25, 0.3) is 0 Å². The molecule has 0 saturated carbocycles. The van der Waals surface area contributed by atoms with Crippen LogP contribution in [0.5, 0.6) is 0 Å². The zero-order chi connectivity index (χ0) is 15.2. The van der Waals surface area contributed by atoms with Crippen LogP contribution in [-0.4, -0.2) is 27.5 Å². The minimum Gasteiger partial charge on any atom is -0.363 e. The Morgan fingerprint density at radius 3 is 2.75 bits per heavy atom. The van der Waals surface area contributed by atoms with E-state index in [0.29, 0.717) is 0 Å². The number of hydrogen-bond donors (Lipinski definition) is 1. The van der Waals surface area contributed by atoms with Crippen LogP contribution in [0.3, 0.4) is 0 Å². The van der Waals surface area contributed by atoms with Crippen molar-refractivity contribution >= 4 is 29.2 Å². The van der Waals surface area contributed by atoms with Gasteiger partial charge in [0, 0.05) is 11.8 Å². The summed E-state index contributed by atoms with van der Waals surface area (Å²) in [5.41, 5.74) is 0.00306. The van der Waals surface area contributed by atoms with Gasteiger partial charge in [-0.25, -0.2) is 9.37 Å². The Hall–Kier alpha value is -0.550. The molecule has 0 fully saturated rings. The molecule has 1 heterocycles. The molecule has 0 radical (unpaired) electrons. The number of hydrogen-bond acceptors (Lipinski definition) is 4. The fourth-order valence-electron chi connectivity index (χ4n) is 1.57. The molecule has 0 saturated heterocycles. The number of nitrogens with zero attached hydrogens (tertiary/aromatic N) is 2. The highest BCUT2D eigenvalue weighted by atomic mass is 35.5. The van der Waals surface area contributed by atoms with Crippen LogP contribution in [0.4, 0.5) is 10.2 Å². The lowest BCUT2D eigenvalue weighted by Gasteiger charge is -2.31. The second-order valence-electron chi connectivity index (χ2n) is 5.83. The topological polar surface area (TPSA) is 37.8 Å². The van der Waals surface area contributed by atoms with Gasteiger partial charge in [-0.1, -0.05) is 34.1 Å². The minimum atomic E-state index is -0.470. The lowest BCUT2D eigenvalue weighted by molar-refractivity contribution is 0.361. The van der Waals surface area contributed by atoms with Crippen molar-refractivity contribution in [3.8, 4) is 0 Å². The third kappa shape index (κ3) is 5.83. The molecule has 0 aliphatic rings. The Labute approximate surface area is 130 Å². The first-order chi connectivity index (χ1) is 9.34. The van der Waals surface area contributed by atoms with Crippen LogP contribution < -0.4 is 5.32 Å². The minimum absolute atomic E-state index is 0.00306. The van der Waals surface area contributed by atoms with Gasteiger partial charge in [0.1, 0.15) is 0 Å². The van der Waals surface area contributed by atoms with Crippen molar-refractivity contribution in [1.29, 1.82) is 0 Å². The fourth-order valence-corrected chi connectivity index (χ4v) is 3.18. The van der Waals surface area contributed by atoms with E-state index in [2.05, 4.69) is 43.0 Å². The van der Waals surface area contributed by atoms with Crippen LogP contribution >= 0.6 is 23.4 Å². The summed E-state index contributed by atoms with van der Waals surface area (Å²) in [6.45, 7) is 8.57. The summed E-state index contributed by atoms with van der Waals surface area (Å²) in [6.07, 6.45) is 3.49. The number of rotatable bonds is 7. The van der Waals surface area contributed by atoms with Crippen LogP contribution in [0, 0.1) is 11.2 Å². The van der Waals surface area contributed by atoms with Gasteiger partial charge in [-0.15, -0.1) is 0 Å². The van der Waals surface area contributed by atoms with Crippen molar-refractivity contribution in [2.75, 3.05) is 16.8 Å². The van der Waals surface area contributed by atoms with E-state index < -0.39 is 5.82 Å². The molecule has 1 aromatic heterocycles. The summed E-state index contributed by atoms with van der Waals surface area (Å²) in [7, 11) is 0. The molecule has 1 aromatic rings. The van der Waals surface area contributed by atoms with E-state index in [4.69, 9.17) is 11.6 Å². The van der Waals surface area contributed by atoms with Crippen molar-refractivity contribution in [3.63, 3.8) is 0 Å². The van der Waals surface area contributed by atoms with Crippen molar-refractivity contribution in [2.45, 2.75) is 46.6 Å². The molecule has 6 heteroatoms. The summed E-state index contributed by atoms with van der Waals surface area (Å²) in [6, 6.07) is 0.116. The highest BCUT2D eigenvalue weighted by Gasteiger charge is 2.25. The predicted octanol–water partition coefficient (Wildman–Crippen LogP) is 4.63. The highest BCUT2D eigenvalue weighted by Crippen LogP contribution is 2.27. The molecular formula is C14H23ClFN3S. The monoisotopic (exact) mass is 319 g/mol. The number of thioether (sulfide) groups is 1. The van der Waals surface area contributed by atoms with Gasteiger partial charge in [-0.2, -0.15) is 16.7 Å². The number of anilines is 1. The van der Waals surface area contributed by atoms with E-state index in [9.17, 15) is 4.39 Å². The molecular weight excluding hydrogens is 297 g/mol. The van der Waals surface area contributed by atoms with Crippen LogP contribution in [0.15, 0.2) is 6.20 Å². The second kappa shape index (κ2) is 8.03. The van der Waals surface area contributed by atoms with Gasteiger partial charge in [-0.05, 0) is 29.2 Å². The molecule has 0 amide bonds. The quantitative estimate of drug-likeness (QED) is 0.587. The Morgan fingerprint density at radius 2 is 2.15 bits per heavy atom. The normalized spacial score (nSPS) is 13.3. The number of unbranched alkanes of at least 4 members (excludes halogenated alkanes) is 1. The molecule has 1 atom stereocenters. The van der Waals surface area contributed by atoms with Gasteiger partial charge < -0.3 is 5.32 Å². The second-order valence-corrected chi connectivity index (χ2v) is 7.31.